The van der Waals surface area contributed by atoms with Gasteiger partial charge in [0, 0.05) is 17.3 Å². The molecule has 1 unspecified atom stereocenters. The molecule has 1 atom stereocenters. The lowest BCUT2D eigenvalue weighted by Crippen LogP contribution is -2.23. The minimum Gasteiger partial charge on any atom is -0.375 e. The maximum Gasteiger partial charge on any atom is 0.0751 e. The van der Waals surface area contributed by atoms with E-state index in [4.69, 9.17) is 4.74 Å². The van der Waals surface area contributed by atoms with Gasteiger partial charge in [-0.3, -0.25) is 4.98 Å². The zero-order chi connectivity index (χ0) is 14.1. The molecule has 1 aromatic heterocycles. The van der Waals surface area contributed by atoms with E-state index in [9.17, 15) is 0 Å². The van der Waals surface area contributed by atoms with E-state index < -0.39 is 0 Å². The zero-order valence-electron chi connectivity index (χ0n) is 11.6. The highest BCUT2D eigenvalue weighted by atomic mass is 16.5. The molecular formula is C18H16N2O. The summed E-state index contributed by atoms with van der Waals surface area (Å²) >= 11 is 0. The van der Waals surface area contributed by atoms with Gasteiger partial charge in [0.05, 0.1) is 24.8 Å². The van der Waals surface area contributed by atoms with Crippen LogP contribution >= 0.6 is 0 Å². The van der Waals surface area contributed by atoms with Crippen molar-refractivity contribution in [3.05, 3.63) is 71.9 Å². The molecule has 4 rings (SSSR count). The standard InChI is InChI=1S/C18H16N2O/c1-2-6-14-13(5-1)11-21-12-18(14)20-17-9-3-8-16-15(17)7-4-10-19-16/h1-10,18,20H,11-12H2. The third-order valence-electron chi connectivity index (χ3n) is 3.95. The number of pyridine rings is 1. The van der Waals surface area contributed by atoms with Crippen LogP contribution in [0.3, 0.4) is 0 Å². The predicted octanol–water partition coefficient (Wildman–Crippen LogP) is 3.92. The monoisotopic (exact) mass is 276 g/mol. The van der Waals surface area contributed by atoms with Crippen molar-refractivity contribution in [1.29, 1.82) is 0 Å². The van der Waals surface area contributed by atoms with E-state index in [0.717, 1.165) is 16.6 Å². The van der Waals surface area contributed by atoms with Crippen LogP contribution in [0.4, 0.5) is 5.69 Å². The second kappa shape index (κ2) is 5.19. The molecule has 3 aromatic rings. The molecular weight excluding hydrogens is 260 g/mol. The van der Waals surface area contributed by atoms with Crippen LogP contribution in [0.25, 0.3) is 10.9 Å². The van der Waals surface area contributed by atoms with Crippen LogP contribution < -0.4 is 5.32 Å². The second-order valence-electron chi connectivity index (χ2n) is 5.29. The molecule has 1 N–H and O–H groups in total. The first-order chi connectivity index (χ1) is 10.4. The summed E-state index contributed by atoms with van der Waals surface area (Å²) in [4.78, 5) is 4.41. The molecule has 3 nitrogen and oxygen atoms in total. The smallest absolute Gasteiger partial charge is 0.0751 e. The number of rotatable bonds is 2. The molecule has 0 amide bonds. The van der Waals surface area contributed by atoms with Crippen molar-refractivity contribution in [2.24, 2.45) is 0 Å². The lowest BCUT2D eigenvalue weighted by Gasteiger charge is -2.27. The predicted molar refractivity (Wildman–Crippen MR) is 84.2 cm³/mol. The Balaban J connectivity index is 1.73. The fourth-order valence-corrected chi connectivity index (χ4v) is 2.92. The normalized spacial score (nSPS) is 17.4. The minimum atomic E-state index is 0.181. The van der Waals surface area contributed by atoms with E-state index in [-0.39, 0.29) is 6.04 Å². The molecule has 0 bridgehead atoms. The fourth-order valence-electron chi connectivity index (χ4n) is 2.92. The maximum atomic E-state index is 5.71. The number of nitrogens with one attached hydrogen (secondary N) is 1. The van der Waals surface area contributed by atoms with Crippen molar-refractivity contribution in [2.45, 2.75) is 12.6 Å². The topological polar surface area (TPSA) is 34.1 Å². The molecule has 0 fully saturated rings. The third-order valence-corrected chi connectivity index (χ3v) is 3.95. The fraction of sp³-hybridized carbons (Fsp3) is 0.167. The van der Waals surface area contributed by atoms with Crippen LogP contribution in [0, 0.1) is 0 Å². The van der Waals surface area contributed by atoms with Gasteiger partial charge in [-0.25, -0.2) is 0 Å². The summed E-state index contributed by atoms with van der Waals surface area (Å²) in [5, 5.41) is 4.76. The van der Waals surface area contributed by atoms with Gasteiger partial charge in [-0.05, 0) is 35.4 Å². The van der Waals surface area contributed by atoms with Gasteiger partial charge in [-0.2, -0.15) is 0 Å². The molecule has 0 spiro atoms. The first-order valence-corrected chi connectivity index (χ1v) is 7.18. The van der Waals surface area contributed by atoms with Crippen LogP contribution in [0.5, 0.6) is 0 Å². The summed E-state index contributed by atoms with van der Waals surface area (Å²) in [7, 11) is 0. The van der Waals surface area contributed by atoms with Gasteiger partial charge in [-0.1, -0.05) is 30.3 Å². The van der Waals surface area contributed by atoms with Gasteiger partial charge in [0.2, 0.25) is 0 Å². The maximum absolute atomic E-state index is 5.71. The average Bonchev–Trinajstić information content (AvgIpc) is 2.56. The Bertz CT molecular complexity index is 780. The Labute approximate surface area is 123 Å². The van der Waals surface area contributed by atoms with Gasteiger partial charge >= 0.3 is 0 Å². The molecule has 21 heavy (non-hydrogen) atoms. The van der Waals surface area contributed by atoms with Crippen LogP contribution in [-0.4, -0.2) is 11.6 Å². The average molecular weight is 276 g/mol. The Hall–Kier alpha value is -2.39. The molecule has 0 radical (unpaired) electrons. The van der Waals surface area contributed by atoms with Crippen molar-refractivity contribution in [3.63, 3.8) is 0 Å². The van der Waals surface area contributed by atoms with Crippen molar-refractivity contribution in [3.8, 4) is 0 Å². The molecule has 0 saturated carbocycles. The highest BCUT2D eigenvalue weighted by Gasteiger charge is 2.20. The lowest BCUT2D eigenvalue weighted by molar-refractivity contribution is 0.0970. The highest BCUT2D eigenvalue weighted by Crippen LogP contribution is 2.30. The van der Waals surface area contributed by atoms with Crippen LogP contribution in [0.1, 0.15) is 17.2 Å². The molecule has 1 aliphatic rings. The molecule has 2 aromatic carbocycles. The van der Waals surface area contributed by atoms with E-state index in [1.165, 1.54) is 11.1 Å². The Morgan fingerprint density at radius 1 is 1.00 bits per heavy atom. The Morgan fingerprint density at radius 3 is 2.95 bits per heavy atom. The van der Waals surface area contributed by atoms with E-state index in [1.54, 1.807) is 0 Å². The summed E-state index contributed by atoms with van der Waals surface area (Å²) in [5.41, 5.74) is 4.70. The SMILES string of the molecule is c1ccc2c(c1)COCC2Nc1cccc2ncccc12. The largest absolute Gasteiger partial charge is 0.375 e. The van der Waals surface area contributed by atoms with Gasteiger partial charge in [0.25, 0.3) is 0 Å². The second-order valence-corrected chi connectivity index (χ2v) is 5.29. The van der Waals surface area contributed by atoms with Crippen molar-refractivity contribution in [1.82, 2.24) is 4.98 Å². The zero-order valence-corrected chi connectivity index (χ0v) is 11.6. The molecule has 0 aliphatic carbocycles. The minimum absolute atomic E-state index is 0.181. The molecule has 3 heteroatoms. The number of anilines is 1. The van der Waals surface area contributed by atoms with E-state index in [2.05, 4.69) is 46.7 Å². The van der Waals surface area contributed by atoms with Gasteiger partial charge < -0.3 is 10.1 Å². The van der Waals surface area contributed by atoms with Crippen LogP contribution in [0.2, 0.25) is 0 Å². The summed E-state index contributed by atoms with van der Waals surface area (Å²) < 4.78 is 5.71. The molecule has 1 aliphatic heterocycles. The van der Waals surface area contributed by atoms with E-state index in [0.29, 0.717) is 13.2 Å². The number of nitrogens with zero attached hydrogens (tertiary/aromatic N) is 1. The van der Waals surface area contributed by atoms with Gasteiger partial charge in [-0.15, -0.1) is 0 Å². The van der Waals surface area contributed by atoms with Crippen molar-refractivity contribution in [2.75, 3.05) is 11.9 Å². The molecule has 0 saturated heterocycles. The number of aromatic nitrogens is 1. The quantitative estimate of drug-likeness (QED) is 0.770. The van der Waals surface area contributed by atoms with Gasteiger partial charge in [0.1, 0.15) is 0 Å². The number of ether oxygens (including phenoxy) is 1. The Morgan fingerprint density at radius 2 is 1.95 bits per heavy atom. The highest BCUT2D eigenvalue weighted by molar-refractivity contribution is 5.91. The number of hydrogen-bond donors (Lipinski definition) is 1. The summed E-state index contributed by atoms with van der Waals surface area (Å²) in [6, 6.07) is 18.9. The summed E-state index contributed by atoms with van der Waals surface area (Å²) in [5.74, 6) is 0. The van der Waals surface area contributed by atoms with E-state index in [1.807, 2.05) is 24.4 Å². The Kier molecular flexibility index (Phi) is 3.05. The molecule has 104 valence electrons. The summed E-state index contributed by atoms with van der Waals surface area (Å²) in [6.45, 7) is 1.39. The first kappa shape index (κ1) is 12.4. The van der Waals surface area contributed by atoms with Crippen molar-refractivity contribution < 1.29 is 4.74 Å². The van der Waals surface area contributed by atoms with Gasteiger partial charge in [0.15, 0.2) is 0 Å². The number of fused-ring (bicyclic) bond motifs is 2. The van der Waals surface area contributed by atoms with Crippen LogP contribution in [0.15, 0.2) is 60.8 Å². The van der Waals surface area contributed by atoms with E-state index >= 15 is 0 Å². The van der Waals surface area contributed by atoms with Crippen molar-refractivity contribution >= 4 is 16.6 Å². The van der Waals surface area contributed by atoms with Crippen LogP contribution in [-0.2, 0) is 11.3 Å². The third kappa shape index (κ3) is 2.26. The molecule has 2 heterocycles. The lowest BCUT2D eigenvalue weighted by atomic mass is 9.98. The first-order valence-electron chi connectivity index (χ1n) is 7.18. The summed E-state index contributed by atoms with van der Waals surface area (Å²) in [6.07, 6.45) is 1.82. The number of hydrogen-bond acceptors (Lipinski definition) is 3. The number of benzene rings is 2.